The van der Waals surface area contributed by atoms with Gasteiger partial charge in [-0.05, 0) is 31.6 Å². The second-order valence-electron chi connectivity index (χ2n) is 5.24. The third-order valence-electron chi connectivity index (χ3n) is 3.30. The van der Waals surface area contributed by atoms with Gasteiger partial charge < -0.3 is 0 Å². The van der Waals surface area contributed by atoms with E-state index in [0.29, 0.717) is 18.3 Å². The van der Waals surface area contributed by atoms with Crippen molar-refractivity contribution in [2.24, 2.45) is 5.92 Å². The normalized spacial score (nSPS) is 17.7. The van der Waals surface area contributed by atoms with Crippen LogP contribution in [0.2, 0.25) is 0 Å². The molecule has 0 atom stereocenters. The van der Waals surface area contributed by atoms with E-state index in [4.69, 9.17) is 11.6 Å². The second-order valence-corrected chi connectivity index (χ2v) is 7.66. The molecule has 0 radical (unpaired) electrons. The van der Waals surface area contributed by atoms with Gasteiger partial charge in [0, 0.05) is 18.5 Å². The first-order valence-corrected chi connectivity index (χ1v) is 8.67. The third-order valence-corrected chi connectivity index (χ3v) is 5.52. The zero-order valence-electron chi connectivity index (χ0n) is 10.9. The van der Waals surface area contributed by atoms with Gasteiger partial charge in [-0.15, -0.1) is 11.6 Å². The number of sulfonamides is 1. The molecular formula is C12H24ClNO2S. The number of halogens is 1. The molecule has 0 saturated heterocycles. The highest BCUT2D eigenvalue weighted by atomic mass is 35.5. The van der Waals surface area contributed by atoms with Gasteiger partial charge in [-0.2, -0.15) is 4.31 Å². The summed E-state index contributed by atoms with van der Waals surface area (Å²) in [6.45, 7) is 4.71. The van der Waals surface area contributed by atoms with E-state index in [1.54, 1.807) is 4.31 Å². The molecule has 0 amide bonds. The van der Waals surface area contributed by atoms with Gasteiger partial charge in [-0.1, -0.05) is 20.3 Å². The zero-order valence-corrected chi connectivity index (χ0v) is 12.4. The molecule has 0 aromatic carbocycles. The Hall–Kier alpha value is 0.200. The van der Waals surface area contributed by atoms with E-state index in [2.05, 4.69) is 13.8 Å². The smallest absolute Gasteiger partial charge is 0.212 e. The van der Waals surface area contributed by atoms with Crippen LogP contribution in [-0.4, -0.2) is 36.9 Å². The highest BCUT2D eigenvalue weighted by molar-refractivity contribution is 7.89. The van der Waals surface area contributed by atoms with Crippen LogP contribution in [0.4, 0.5) is 0 Å². The van der Waals surface area contributed by atoms with Crippen molar-refractivity contribution in [2.75, 3.05) is 18.2 Å². The van der Waals surface area contributed by atoms with Crippen LogP contribution < -0.4 is 0 Å². The van der Waals surface area contributed by atoms with E-state index >= 15 is 0 Å². The summed E-state index contributed by atoms with van der Waals surface area (Å²) in [7, 11) is -3.08. The van der Waals surface area contributed by atoms with E-state index in [1.807, 2.05) is 0 Å². The summed E-state index contributed by atoms with van der Waals surface area (Å²) in [4.78, 5) is 0. The summed E-state index contributed by atoms with van der Waals surface area (Å²) in [5, 5.41) is 0. The van der Waals surface area contributed by atoms with Crippen LogP contribution >= 0.6 is 11.6 Å². The van der Waals surface area contributed by atoms with Gasteiger partial charge in [0.15, 0.2) is 0 Å². The van der Waals surface area contributed by atoms with Gasteiger partial charge in [0.05, 0.1) is 5.75 Å². The van der Waals surface area contributed by atoms with Gasteiger partial charge in [0.25, 0.3) is 0 Å². The summed E-state index contributed by atoms with van der Waals surface area (Å²) in [5.41, 5.74) is 0. The SMILES string of the molecule is CC(C)CCS(=O)(=O)N(CCCCl)C1CCC1. The van der Waals surface area contributed by atoms with Crippen molar-refractivity contribution in [1.82, 2.24) is 4.31 Å². The third kappa shape index (κ3) is 4.76. The lowest BCUT2D eigenvalue weighted by Crippen LogP contribution is -2.45. The summed E-state index contributed by atoms with van der Waals surface area (Å²) in [5.74, 6) is 1.24. The topological polar surface area (TPSA) is 37.4 Å². The van der Waals surface area contributed by atoms with Crippen molar-refractivity contribution in [3.63, 3.8) is 0 Å². The van der Waals surface area contributed by atoms with E-state index in [-0.39, 0.29) is 11.8 Å². The molecule has 1 aliphatic rings. The predicted octanol–water partition coefficient (Wildman–Crippen LogP) is 2.85. The molecule has 0 aromatic heterocycles. The van der Waals surface area contributed by atoms with Gasteiger partial charge in [-0.25, -0.2) is 8.42 Å². The van der Waals surface area contributed by atoms with Crippen molar-refractivity contribution in [3.05, 3.63) is 0 Å². The number of nitrogens with zero attached hydrogens (tertiary/aromatic N) is 1. The van der Waals surface area contributed by atoms with Crippen LogP contribution in [0.25, 0.3) is 0 Å². The van der Waals surface area contributed by atoms with Crippen molar-refractivity contribution >= 4 is 21.6 Å². The maximum absolute atomic E-state index is 12.3. The lowest BCUT2D eigenvalue weighted by molar-refractivity contribution is 0.219. The minimum atomic E-state index is -3.08. The number of rotatable bonds is 8. The van der Waals surface area contributed by atoms with Crippen molar-refractivity contribution < 1.29 is 8.42 Å². The number of alkyl halides is 1. The van der Waals surface area contributed by atoms with Crippen molar-refractivity contribution in [3.8, 4) is 0 Å². The zero-order chi connectivity index (χ0) is 12.9. The molecule has 0 heterocycles. The maximum Gasteiger partial charge on any atom is 0.214 e. The number of hydrogen-bond acceptors (Lipinski definition) is 2. The standard InChI is InChI=1S/C12H24ClNO2S/c1-11(2)7-10-17(15,16)14(9-4-8-13)12-5-3-6-12/h11-12H,3-10H2,1-2H3. The Morgan fingerprint density at radius 1 is 1.35 bits per heavy atom. The van der Waals surface area contributed by atoms with Crippen LogP contribution in [-0.2, 0) is 10.0 Å². The largest absolute Gasteiger partial charge is 0.214 e. The average molecular weight is 282 g/mol. The van der Waals surface area contributed by atoms with Gasteiger partial charge in [-0.3, -0.25) is 0 Å². The lowest BCUT2D eigenvalue weighted by atomic mass is 9.93. The average Bonchev–Trinajstić information content (AvgIpc) is 2.18. The monoisotopic (exact) mass is 281 g/mol. The summed E-state index contributed by atoms with van der Waals surface area (Å²) in [6.07, 6.45) is 4.68. The number of hydrogen-bond donors (Lipinski definition) is 0. The fourth-order valence-corrected chi connectivity index (χ4v) is 4.14. The Balaban J connectivity index is 2.59. The molecule has 1 rings (SSSR count). The molecular weight excluding hydrogens is 258 g/mol. The van der Waals surface area contributed by atoms with Gasteiger partial charge in [0.2, 0.25) is 10.0 Å². The Kier molecular flexibility index (Phi) is 6.24. The highest BCUT2D eigenvalue weighted by Gasteiger charge is 2.32. The van der Waals surface area contributed by atoms with Crippen molar-refractivity contribution in [1.29, 1.82) is 0 Å². The van der Waals surface area contributed by atoms with Gasteiger partial charge >= 0.3 is 0 Å². The molecule has 17 heavy (non-hydrogen) atoms. The quantitative estimate of drug-likeness (QED) is 0.642. The molecule has 0 N–H and O–H groups in total. The molecule has 102 valence electrons. The Bertz CT molecular complexity index is 312. The van der Waals surface area contributed by atoms with Crippen LogP contribution in [0.3, 0.4) is 0 Å². The van der Waals surface area contributed by atoms with Crippen molar-refractivity contribution in [2.45, 2.75) is 52.0 Å². The Labute approximate surface area is 111 Å². The van der Waals surface area contributed by atoms with E-state index < -0.39 is 10.0 Å². The second kappa shape index (κ2) is 6.95. The maximum atomic E-state index is 12.3. The van der Waals surface area contributed by atoms with E-state index in [9.17, 15) is 8.42 Å². The fourth-order valence-electron chi connectivity index (χ4n) is 1.94. The van der Waals surface area contributed by atoms with Gasteiger partial charge in [0.1, 0.15) is 0 Å². The molecule has 0 unspecified atom stereocenters. The lowest BCUT2D eigenvalue weighted by Gasteiger charge is -2.36. The molecule has 1 saturated carbocycles. The Morgan fingerprint density at radius 2 is 2.00 bits per heavy atom. The molecule has 1 aliphatic carbocycles. The molecule has 3 nitrogen and oxygen atoms in total. The summed E-state index contributed by atoms with van der Waals surface area (Å²) < 4.78 is 26.2. The van der Waals surface area contributed by atoms with E-state index in [0.717, 1.165) is 32.1 Å². The van der Waals surface area contributed by atoms with Crippen LogP contribution in [0.5, 0.6) is 0 Å². The molecule has 0 aliphatic heterocycles. The van der Waals surface area contributed by atoms with Crippen LogP contribution in [0.1, 0.15) is 46.0 Å². The summed E-state index contributed by atoms with van der Waals surface area (Å²) >= 11 is 5.67. The molecule has 0 spiro atoms. The first-order valence-electron chi connectivity index (χ1n) is 6.53. The van der Waals surface area contributed by atoms with Crippen LogP contribution in [0.15, 0.2) is 0 Å². The predicted molar refractivity (Wildman–Crippen MR) is 72.9 cm³/mol. The van der Waals surface area contributed by atoms with Crippen LogP contribution in [0, 0.1) is 5.92 Å². The highest BCUT2D eigenvalue weighted by Crippen LogP contribution is 2.28. The molecule has 0 bridgehead atoms. The fraction of sp³-hybridized carbons (Fsp3) is 1.00. The molecule has 5 heteroatoms. The molecule has 1 fully saturated rings. The Morgan fingerprint density at radius 3 is 2.41 bits per heavy atom. The summed E-state index contributed by atoms with van der Waals surface area (Å²) in [6, 6.07) is 0.246. The minimum absolute atomic E-state index is 0.246. The minimum Gasteiger partial charge on any atom is -0.212 e. The van der Waals surface area contributed by atoms with E-state index in [1.165, 1.54) is 0 Å². The first kappa shape index (κ1) is 15.3. The first-order chi connectivity index (χ1) is 7.97. The molecule has 0 aromatic rings.